The molecular formula is C26H46Cl2N2Ti-2. The third-order valence-corrected chi connectivity index (χ3v) is 9.30. The average Bonchev–Trinajstić information content (AvgIpc) is 2.74. The predicted molar refractivity (Wildman–Crippen MR) is 133 cm³/mol. The van der Waals surface area contributed by atoms with Gasteiger partial charge in [-0.05, 0) is 11.8 Å². The van der Waals surface area contributed by atoms with E-state index in [2.05, 4.69) is 27.7 Å². The van der Waals surface area contributed by atoms with E-state index in [4.69, 9.17) is 29.2 Å². The van der Waals surface area contributed by atoms with Crippen molar-refractivity contribution in [3.8, 4) is 0 Å². The van der Waals surface area contributed by atoms with E-state index in [0.29, 0.717) is 24.2 Å². The quantitative estimate of drug-likeness (QED) is 0.341. The Morgan fingerprint density at radius 3 is 1.19 bits per heavy atom. The number of fused-ring (bicyclic) bond motifs is 1. The fourth-order valence-corrected chi connectivity index (χ4v) is 7.52. The average molecular weight is 505 g/mol. The van der Waals surface area contributed by atoms with Crippen LogP contribution < -0.4 is 0 Å². The fraction of sp³-hybridized carbons (Fsp3) is 1.00. The van der Waals surface area contributed by atoms with Crippen molar-refractivity contribution >= 4 is 18.6 Å². The van der Waals surface area contributed by atoms with Gasteiger partial charge in [0.05, 0.1) is 0 Å². The molecule has 5 heteroatoms. The fourth-order valence-electron chi connectivity index (χ4n) is 7.52. The van der Waals surface area contributed by atoms with Crippen molar-refractivity contribution in [1.29, 1.82) is 0 Å². The molecule has 31 heavy (non-hydrogen) atoms. The molecule has 0 aliphatic heterocycles. The van der Waals surface area contributed by atoms with E-state index in [9.17, 15) is 0 Å². The SMILES string of the molecule is CC1CCCC(C)C1[N-]C1CC2CCCCC2CC1[N-]C1C(C)CCCC1C.[Cl][Ti][Cl]. The molecule has 0 spiro atoms. The number of nitrogens with zero attached hydrogens (tertiary/aromatic N) is 2. The Labute approximate surface area is 209 Å². The van der Waals surface area contributed by atoms with Gasteiger partial charge in [-0.25, -0.2) is 0 Å². The molecule has 8 atom stereocenters. The Morgan fingerprint density at radius 2 is 0.871 bits per heavy atom. The summed E-state index contributed by atoms with van der Waals surface area (Å²) in [7, 11) is 9.78. The zero-order valence-electron chi connectivity index (χ0n) is 20.4. The van der Waals surface area contributed by atoms with Crippen molar-refractivity contribution in [2.24, 2.45) is 35.5 Å². The van der Waals surface area contributed by atoms with Crippen molar-refractivity contribution in [3.05, 3.63) is 10.6 Å². The van der Waals surface area contributed by atoms with Gasteiger partial charge >= 0.3 is 35.6 Å². The Balaban J connectivity index is 0.000000858. The van der Waals surface area contributed by atoms with Crippen LogP contribution in [0.5, 0.6) is 0 Å². The topological polar surface area (TPSA) is 28.2 Å². The monoisotopic (exact) mass is 504 g/mol. The van der Waals surface area contributed by atoms with E-state index >= 15 is 0 Å². The number of hydrogen-bond donors (Lipinski definition) is 0. The normalized spacial score (nSPS) is 45.7. The van der Waals surface area contributed by atoms with Crippen LogP contribution in [-0.4, -0.2) is 24.2 Å². The zero-order chi connectivity index (χ0) is 22.4. The molecule has 4 saturated carbocycles. The molecule has 0 heterocycles. The third kappa shape index (κ3) is 7.35. The summed E-state index contributed by atoms with van der Waals surface area (Å²) in [6.45, 7) is 9.86. The van der Waals surface area contributed by atoms with Gasteiger partial charge in [-0.2, -0.15) is 12.1 Å². The van der Waals surface area contributed by atoms with Crippen molar-refractivity contribution in [2.45, 2.75) is 129 Å². The molecule has 8 unspecified atom stereocenters. The molecule has 0 saturated heterocycles. The molecule has 2 nitrogen and oxygen atoms in total. The van der Waals surface area contributed by atoms with Crippen LogP contribution in [-0.2, 0) is 17.0 Å². The van der Waals surface area contributed by atoms with Crippen molar-refractivity contribution in [3.63, 3.8) is 0 Å². The summed E-state index contributed by atoms with van der Waals surface area (Å²) < 4.78 is 0. The summed E-state index contributed by atoms with van der Waals surface area (Å²) in [5.41, 5.74) is 0. The molecule has 0 bridgehead atoms. The van der Waals surface area contributed by atoms with Crippen molar-refractivity contribution in [1.82, 2.24) is 0 Å². The minimum absolute atomic E-state index is 0.522. The first-order valence-electron chi connectivity index (χ1n) is 13.3. The van der Waals surface area contributed by atoms with Crippen LogP contribution in [0.4, 0.5) is 0 Å². The van der Waals surface area contributed by atoms with E-state index < -0.39 is 17.0 Å². The predicted octanol–water partition coefficient (Wildman–Crippen LogP) is 9.10. The maximum atomic E-state index is 5.65. The molecule has 4 aliphatic carbocycles. The van der Waals surface area contributed by atoms with Crippen molar-refractivity contribution in [2.75, 3.05) is 0 Å². The van der Waals surface area contributed by atoms with Gasteiger partial charge in [0.15, 0.2) is 0 Å². The summed E-state index contributed by atoms with van der Waals surface area (Å²) in [6, 6.07) is 2.23. The van der Waals surface area contributed by atoms with Crippen LogP contribution in [0.1, 0.15) is 105 Å². The second-order valence-corrected chi connectivity index (χ2v) is 14.1. The third-order valence-electron chi connectivity index (χ3n) is 9.30. The molecule has 0 aromatic heterocycles. The molecule has 0 amide bonds. The van der Waals surface area contributed by atoms with E-state index in [-0.39, 0.29) is 0 Å². The van der Waals surface area contributed by atoms with Gasteiger partial charge in [0.1, 0.15) is 0 Å². The molecule has 0 aromatic carbocycles. The van der Waals surface area contributed by atoms with E-state index in [1.807, 2.05) is 0 Å². The summed E-state index contributed by atoms with van der Waals surface area (Å²) in [6.07, 6.45) is 16.9. The van der Waals surface area contributed by atoms with Gasteiger partial charge in [0, 0.05) is 0 Å². The van der Waals surface area contributed by atoms with Gasteiger partial charge in [0.2, 0.25) is 0 Å². The standard InChI is InChI=1S/C26H46N2.2ClH.Ti/c1-17-9-7-10-18(2)25(17)27-23-15-21-13-5-6-14-22(21)16-24(23)28-26-19(3)11-8-12-20(26)4;;;/h17-26H,5-16H2,1-4H3;2*1H;/q-2;;;+2/p-2. The van der Waals surface area contributed by atoms with Crippen LogP contribution in [0.3, 0.4) is 0 Å². The summed E-state index contributed by atoms with van der Waals surface area (Å²) >= 11 is -0.556. The first-order valence-corrected chi connectivity index (χ1v) is 17.6. The number of halogens is 2. The Bertz CT molecular complexity index is 458. The summed E-state index contributed by atoms with van der Waals surface area (Å²) in [5.74, 6) is 5.01. The van der Waals surface area contributed by atoms with E-state index in [0.717, 1.165) is 35.5 Å². The summed E-state index contributed by atoms with van der Waals surface area (Å²) in [4.78, 5) is 0. The van der Waals surface area contributed by atoms with Crippen molar-refractivity contribution < 1.29 is 17.0 Å². The van der Waals surface area contributed by atoms with Crippen LogP contribution in [0.15, 0.2) is 0 Å². The molecule has 0 N–H and O–H groups in total. The first-order chi connectivity index (χ1) is 14.9. The zero-order valence-corrected chi connectivity index (χ0v) is 23.5. The maximum absolute atomic E-state index is 5.65. The second kappa shape index (κ2) is 13.3. The van der Waals surface area contributed by atoms with Crippen LogP contribution in [0.25, 0.3) is 10.6 Å². The molecular weight excluding hydrogens is 459 g/mol. The van der Waals surface area contributed by atoms with Crippen LogP contribution >= 0.6 is 18.6 Å². The van der Waals surface area contributed by atoms with Crippen LogP contribution in [0.2, 0.25) is 0 Å². The van der Waals surface area contributed by atoms with Gasteiger partial charge in [-0.1, -0.05) is 128 Å². The van der Waals surface area contributed by atoms with E-state index in [1.165, 1.54) is 77.0 Å². The molecule has 4 rings (SSSR count). The Hall–Kier alpha value is 1.21. The van der Waals surface area contributed by atoms with Crippen LogP contribution in [0, 0.1) is 35.5 Å². The molecule has 0 radical (unpaired) electrons. The van der Waals surface area contributed by atoms with Gasteiger partial charge in [-0.15, -0.1) is 12.1 Å². The first kappa shape index (κ1) is 26.8. The molecule has 180 valence electrons. The Morgan fingerprint density at radius 1 is 0.548 bits per heavy atom. The number of hydrogen-bond acceptors (Lipinski definition) is 0. The Kier molecular flexibility index (Phi) is 11.5. The second-order valence-electron chi connectivity index (χ2n) is 11.5. The molecule has 4 fully saturated rings. The van der Waals surface area contributed by atoms with Gasteiger partial charge in [0.25, 0.3) is 0 Å². The minimum atomic E-state index is -0.556. The van der Waals surface area contributed by atoms with E-state index in [1.54, 1.807) is 0 Å². The number of rotatable bonds is 4. The molecule has 4 aliphatic rings. The van der Waals surface area contributed by atoms with Gasteiger partial charge in [-0.3, -0.25) is 0 Å². The molecule has 0 aromatic rings. The summed E-state index contributed by atoms with van der Waals surface area (Å²) in [5, 5.41) is 11.3. The van der Waals surface area contributed by atoms with Gasteiger partial charge < -0.3 is 10.6 Å².